The lowest BCUT2D eigenvalue weighted by atomic mass is 9.99. The summed E-state index contributed by atoms with van der Waals surface area (Å²) in [4.78, 5) is 14.4. The second-order valence-corrected chi connectivity index (χ2v) is 13.4. The summed E-state index contributed by atoms with van der Waals surface area (Å²) in [5, 5.41) is 4.02. The third-order valence-corrected chi connectivity index (χ3v) is 10.3. The number of aromatic nitrogens is 4. The minimum atomic E-state index is -4.83. The van der Waals surface area contributed by atoms with Crippen LogP contribution >= 0.6 is 0 Å². The zero-order chi connectivity index (χ0) is 36.8. The maximum atomic E-state index is 16.0. The van der Waals surface area contributed by atoms with Crippen molar-refractivity contribution in [3.8, 4) is 39.9 Å². The van der Waals surface area contributed by atoms with Crippen LogP contribution in [0.5, 0.6) is 0 Å². The molecule has 11 rings (SSSR count). The molecule has 0 N–H and O–H groups in total. The molecule has 0 aliphatic rings. The number of para-hydroxylation sites is 3. The Morgan fingerprint density at radius 1 is 0.473 bits per heavy atom. The van der Waals surface area contributed by atoms with E-state index >= 15 is 13.2 Å². The van der Waals surface area contributed by atoms with E-state index in [1.807, 2.05) is 121 Å². The number of rotatable bonds is 4. The van der Waals surface area contributed by atoms with Crippen LogP contribution in [0, 0.1) is 0 Å². The molecule has 6 nitrogen and oxygen atoms in total. The smallest absolute Gasteiger partial charge is 0.418 e. The van der Waals surface area contributed by atoms with Crippen LogP contribution < -0.4 is 0 Å². The molecule has 0 amide bonds. The fourth-order valence-electron chi connectivity index (χ4n) is 7.89. The highest BCUT2D eigenvalue weighted by Crippen LogP contribution is 2.49. The molecule has 0 aliphatic carbocycles. The molecule has 11 aromatic rings. The number of furan rings is 2. The van der Waals surface area contributed by atoms with Gasteiger partial charge in [-0.3, -0.25) is 0 Å². The quantitative estimate of drug-likeness (QED) is 0.181. The molecule has 7 aromatic carbocycles. The summed E-state index contributed by atoms with van der Waals surface area (Å²) in [5.74, 6) is 0.692. The lowest BCUT2D eigenvalue weighted by Crippen LogP contribution is -2.12. The molecule has 4 heterocycles. The molecule has 262 valence electrons. The highest BCUT2D eigenvalue weighted by Gasteiger charge is 2.39. The number of halogens is 3. The van der Waals surface area contributed by atoms with Crippen molar-refractivity contribution in [1.82, 2.24) is 19.5 Å². The second kappa shape index (κ2) is 11.6. The lowest BCUT2D eigenvalue weighted by Gasteiger charge is -2.19. The Kier molecular flexibility index (Phi) is 6.61. The highest BCUT2D eigenvalue weighted by atomic mass is 19.4. The largest absolute Gasteiger partial charge is 0.455 e. The number of hydrogen-bond donors (Lipinski definition) is 0. The first-order chi connectivity index (χ1) is 26.9. The van der Waals surface area contributed by atoms with E-state index < -0.39 is 11.7 Å². The standard InChI is InChI=1S/C46H25F3N4O2/c47-46(48,49)34-25-33(45-51-43(26-13-3-1-4-14-26)50-44(52-45)27-15-5-2-6-16-27)41-38(32-19-9-12-22-37(32)54-41)40(34)53-35-20-10-7-17-28(35)30-23-24-31-29-18-8-11-21-36(29)55-42(31)39(30)53/h1-25H. The molecule has 0 spiro atoms. The van der Waals surface area contributed by atoms with Gasteiger partial charge in [-0.25, -0.2) is 15.0 Å². The van der Waals surface area contributed by atoms with Crippen molar-refractivity contribution in [2.75, 3.05) is 0 Å². The van der Waals surface area contributed by atoms with Crippen LogP contribution in [0.3, 0.4) is 0 Å². The number of benzene rings is 7. The molecule has 9 heteroatoms. The second-order valence-electron chi connectivity index (χ2n) is 13.4. The fourth-order valence-corrected chi connectivity index (χ4v) is 7.89. The summed E-state index contributed by atoms with van der Waals surface area (Å²) in [5.41, 5.74) is 3.42. The summed E-state index contributed by atoms with van der Waals surface area (Å²) >= 11 is 0. The van der Waals surface area contributed by atoms with E-state index in [0.29, 0.717) is 55.9 Å². The average Bonchev–Trinajstić information content (AvgIpc) is 3.90. The first-order valence-corrected chi connectivity index (χ1v) is 17.7. The molecule has 0 aliphatic heterocycles. The molecule has 0 bridgehead atoms. The van der Waals surface area contributed by atoms with Crippen LogP contribution in [0.25, 0.3) is 106 Å². The minimum Gasteiger partial charge on any atom is -0.455 e. The number of nitrogens with zero attached hydrogens (tertiary/aromatic N) is 4. The topological polar surface area (TPSA) is 69.9 Å². The summed E-state index contributed by atoms with van der Waals surface area (Å²) in [6.07, 6.45) is -4.83. The van der Waals surface area contributed by atoms with Crippen molar-refractivity contribution in [2.24, 2.45) is 0 Å². The van der Waals surface area contributed by atoms with Crippen molar-refractivity contribution in [2.45, 2.75) is 6.18 Å². The Balaban J connectivity index is 1.32. The Labute approximate surface area is 309 Å². The zero-order valence-electron chi connectivity index (χ0n) is 28.7. The summed E-state index contributed by atoms with van der Waals surface area (Å²) in [7, 11) is 0. The van der Waals surface area contributed by atoms with Gasteiger partial charge in [0.25, 0.3) is 0 Å². The van der Waals surface area contributed by atoms with Crippen LogP contribution in [0.2, 0.25) is 0 Å². The van der Waals surface area contributed by atoms with Crippen LogP contribution in [0.4, 0.5) is 13.2 Å². The molecule has 55 heavy (non-hydrogen) atoms. The van der Waals surface area contributed by atoms with Gasteiger partial charge in [-0.15, -0.1) is 0 Å². The molecular formula is C46H25F3N4O2. The molecule has 4 aromatic heterocycles. The lowest BCUT2D eigenvalue weighted by molar-refractivity contribution is -0.137. The molecule has 0 fully saturated rings. The molecular weight excluding hydrogens is 698 g/mol. The normalized spacial score (nSPS) is 12.3. The number of fused-ring (bicyclic) bond motifs is 10. The van der Waals surface area contributed by atoms with Crippen molar-refractivity contribution >= 4 is 65.7 Å². The van der Waals surface area contributed by atoms with Gasteiger partial charge < -0.3 is 13.4 Å². The van der Waals surface area contributed by atoms with E-state index in [-0.39, 0.29) is 28.0 Å². The van der Waals surface area contributed by atoms with Crippen LogP contribution in [0.1, 0.15) is 5.56 Å². The Bertz CT molecular complexity index is 3250. The Morgan fingerprint density at radius 3 is 1.67 bits per heavy atom. The van der Waals surface area contributed by atoms with Crippen LogP contribution in [0.15, 0.2) is 160 Å². The molecule has 0 saturated heterocycles. The van der Waals surface area contributed by atoms with Gasteiger partial charge in [0.05, 0.1) is 33.2 Å². The Morgan fingerprint density at radius 2 is 1.00 bits per heavy atom. The van der Waals surface area contributed by atoms with Gasteiger partial charge in [-0.2, -0.15) is 13.2 Å². The van der Waals surface area contributed by atoms with Crippen molar-refractivity contribution < 1.29 is 22.0 Å². The predicted molar refractivity (Wildman–Crippen MR) is 210 cm³/mol. The first-order valence-electron chi connectivity index (χ1n) is 17.7. The highest BCUT2D eigenvalue weighted by molar-refractivity contribution is 6.23. The maximum Gasteiger partial charge on any atom is 0.418 e. The van der Waals surface area contributed by atoms with E-state index in [4.69, 9.17) is 23.8 Å². The van der Waals surface area contributed by atoms with Crippen molar-refractivity contribution in [1.29, 1.82) is 0 Å². The fraction of sp³-hybridized carbons (Fsp3) is 0.0217. The summed E-state index contributed by atoms with van der Waals surface area (Å²) in [6.45, 7) is 0. The minimum absolute atomic E-state index is 0.0516. The predicted octanol–water partition coefficient (Wildman–Crippen LogP) is 12.8. The summed E-state index contributed by atoms with van der Waals surface area (Å²) in [6, 6.07) is 46.0. The van der Waals surface area contributed by atoms with Gasteiger partial charge in [0.1, 0.15) is 16.7 Å². The average molecular weight is 723 g/mol. The van der Waals surface area contributed by atoms with E-state index in [9.17, 15) is 0 Å². The molecule has 0 unspecified atom stereocenters. The Hall–Kier alpha value is -7.26. The van der Waals surface area contributed by atoms with E-state index in [1.165, 1.54) is 0 Å². The molecule has 0 atom stereocenters. The SMILES string of the molecule is FC(F)(F)c1cc(-c2nc(-c3ccccc3)nc(-c3ccccc3)n2)c2oc3ccccc3c2c1-n1c2ccccc2c2ccc3c4ccccc4oc3c21. The number of alkyl halides is 3. The number of hydrogen-bond acceptors (Lipinski definition) is 5. The maximum absolute atomic E-state index is 16.0. The first kappa shape index (κ1) is 31.3. The third kappa shape index (κ3) is 4.72. The van der Waals surface area contributed by atoms with E-state index in [2.05, 4.69) is 0 Å². The van der Waals surface area contributed by atoms with Gasteiger partial charge >= 0.3 is 6.18 Å². The van der Waals surface area contributed by atoms with Gasteiger partial charge in [-0.05, 0) is 30.3 Å². The van der Waals surface area contributed by atoms with Crippen LogP contribution in [-0.2, 0) is 6.18 Å². The molecule has 0 radical (unpaired) electrons. The summed E-state index contributed by atoms with van der Waals surface area (Å²) < 4.78 is 62.9. The monoisotopic (exact) mass is 722 g/mol. The van der Waals surface area contributed by atoms with Gasteiger partial charge in [0.15, 0.2) is 23.1 Å². The van der Waals surface area contributed by atoms with Crippen molar-refractivity contribution in [3.63, 3.8) is 0 Å². The van der Waals surface area contributed by atoms with Gasteiger partial charge in [0, 0.05) is 38.1 Å². The van der Waals surface area contributed by atoms with Crippen LogP contribution in [-0.4, -0.2) is 19.5 Å². The van der Waals surface area contributed by atoms with E-state index in [0.717, 1.165) is 27.6 Å². The van der Waals surface area contributed by atoms with Gasteiger partial charge in [-0.1, -0.05) is 121 Å². The zero-order valence-corrected chi connectivity index (χ0v) is 28.7. The molecule has 0 saturated carbocycles. The van der Waals surface area contributed by atoms with Gasteiger partial charge in [0.2, 0.25) is 0 Å². The van der Waals surface area contributed by atoms with E-state index in [1.54, 1.807) is 28.8 Å². The third-order valence-electron chi connectivity index (χ3n) is 10.3. The van der Waals surface area contributed by atoms with Crippen molar-refractivity contribution in [3.05, 3.63) is 157 Å².